The number of aromatic nitrogens is 1. The SMILES string of the molecule is CSC1CCC(NC(=O)c2ncccc2C(=O)O)CC1. The van der Waals surface area contributed by atoms with Crippen LogP contribution in [-0.4, -0.2) is 39.5 Å². The lowest BCUT2D eigenvalue weighted by Crippen LogP contribution is -2.39. The zero-order valence-corrected chi connectivity index (χ0v) is 12.2. The Morgan fingerprint density at radius 1 is 1.35 bits per heavy atom. The average molecular weight is 294 g/mol. The standard InChI is InChI=1S/C14H18N2O3S/c1-20-10-6-4-9(5-7-10)16-13(17)12-11(14(18)19)3-2-8-15-12/h2-3,8-10H,4-7H2,1H3,(H,16,17)(H,18,19). The molecule has 1 aromatic heterocycles. The summed E-state index contributed by atoms with van der Waals surface area (Å²) in [4.78, 5) is 27.1. The number of aromatic carboxylic acids is 1. The summed E-state index contributed by atoms with van der Waals surface area (Å²) in [5, 5.41) is 12.6. The maximum absolute atomic E-state index is 12.1. The number of rotatable bonds is 4. The highest BCUT2D eigenvalue weighted by atomic mass is 32.2. The number of carboxylic acid groups (broad SMARTS) is 1. The van der Waals surface area contributed by atoms with Crippen LogP contribution in [0, 0.1) is 0 Å². The van der Waals surface area contributed by atoms with Crippen molar-refractivity contribution in [1.29, 1.82) is 0 Å². The van der Waals surface area contributed by atoms with Crippen LogP contribution in [0.1, 0.15) is 46.5 Å². The molecule has 0 aliphatic heterocycles. The zero-order valence-electron chi connectivity index (χ0n) is 11.3. The molecule has 1 aliphatic carbocycles. The maximum atomic E-state index is 12.1. The molecule has 0 bridgehead atoms. The average Bonchev–Trinajstić information content (AvgIpc) is 2.48. The van der Waals surface area contributed by atoms with Gasteiger partial charge in [0.05, 0.1) is 5.56 Å². The van der Waals surface area contributed by atoms with Crippen molar-refractivity contribution in [2.45, 2.75) is 37.0 Å². The summed E-state index contributed by atoms with van der Waals surface area (Å²) in [6.45, 7) is 0. The van der Waals surface area contributed by atoms with Crippen LogP contribution in [-0.2, 0) is 0 Å². The molecule has 0 atom stereocenters. The predicted octanol–water partition coefficient (Wildman–Crippen LogP) is 2.18. The molecule has 108 valence electrons. The maximum Gasteiger partial charge on any atom is 0.338 e. The van der Waals surface area contributed by atoms with E-state index in [-0.39, 0.29) is 17.3 Å². The van der Waals surface area contributed by atoms with Crippen molar-refractivity contribution in [3.63, 3.8) is 0 Å². The molecule has 20 heavy (non-hydrogen) atoms. The van der Waals surface area contributed by atoms with Gasteiger partial charge in [-0.3, -0.25) is 9.78 Å². The molecule has 0 spiro atoms. The lowest BCUT2D eigenvalue weighted by Gasteiger charge is -2.28. The molecule has 1 heterocycles. The molecule has 1 amide bonds. The minimum absolute atomic E-state index is 0.00742. The molecule has 1 fully saturated rings. The largest absolute Gasteiger partial charge is 0.478 e. The fraction of sp³-hybridized carbons (Fsp3) is 0.500. The lowest BCUT2D eigenvalue weighted by molar-refractivity contribution is 0.0689. The Morgan fingerprint density at radius 3 is 2.65 bits per heavy atom. The number of carboxylic acids is 1. The van der Waals surface area contributed by atoms with Gasteiger partial charge in [0, 0.05) is 17.5 Å². The fourth-order valence-electron chi connectivity index (χ4n) is 2.46. The molecule has 1 aromatic rings. The molecule has 0 radical (unpaired) electrons. The van der Waals surface area contributed by atoms with Crippen molar-refractivity contribution >= 4 is 23.6 Å². The van der Waals surface area contributed by atoms with Crippen molar-refractivity contribution in [1.82, 2.24) is 10.3 Å². The number of nitrogens with one attached hydrogen (secondary N) is 1. The van der Waals surface area contributed by atoms with Crippen LogP contribution in [0.25, 0.3) is 0 Å². The van der Waals surface area contributed by atoms with Gasteiger partial charge in [0.2, 0.25) is 0 Å². The fourth-order valence-corrected chi connectivity index (χ4v) is 3.20. The van der Waals surface area contributed by atoms with Crippen LogP contribution in [0.15, 0.2) is 18.3 Å². The third-order valence-electron chi connectivity index (χ3n) is 3.60. The minimum atomic E-state index is -1.13. The number of nitrogens with zero attached hydrogens (tertiary/aromatic N) is 1. The van der Waals surface area contributed by atoms with E-state index in [1.165, 1.54) is 18.3 Å². The van der Waals surface area contributed by atoms with Gasteiger partial charge in [-0.1, -0.05) is 0 Å². The highest BCUT2D eigenvalue weighted by Gasteiger charge is 2.24. The molecule has 0 aromatic carbocycles. The van der Waals surface area contributed by atoms with E-state index in [0.29, 0.717) is 5.25 Å². The van der Waals surface area contributed by atoms with Gasteiger partial charge in [-0.25, -0.2) is 4.79 Å². The van der Waals surface area contributed by atoms with Crippen molar-refractivity contribution in [2.24, 2.45) is 0 Å². The second kappa shape index (κ2) is 6.74. The van der Waals surface area contributed by atoms with E-state index in [0.717, 1.165) is 25.7 Å². The molecule has 2 N–H and O–H groups in total. The molecule has 0 saturated heterocycles. The van der Waals surface area contributed by atoms with Gasteiger partial charge >= 0.3 is 5.97 Å². The topological polar surface area (TPSA) is 79.3 Å². The van der Waals surface area contributed by atoms with Crippen LogP contribution >= 0.6 is 11.8 Å². The van der Waals surface area contributed by atoms with Crippen LogP contribution in [0.3, 0.4) is 0 Å². The van der Waals surface area contributed by atoms with E-state index in [4.69, 9.17) is 5.11 Å². The van der Waals surface area contributed by atoms with E-state index >= 15 is 0 Å². The Hall–Kier alpha value is -1.56. The lowest BCUT2D eigenvalue weighted by atomic mass is 9.95. The number of hydrogen-bond donors (Lipinski definition) is 2. The summed E-state index contributed by atoms with van der Waals surface area (Å²) in [7, 11) is 0. The Kier molecular flexibility index (Phi) is 5.00. The van der Waals surface area contributed by atoms with Gasteiger partial charge in [0.1, 0.15) is 5.69 Å². The van der Waals surface area contributed by atoms with E-state index in [1.807, 2.05) is 11.8 Å². The van der Waals surface area contributed by atoms with Gasteiger partial charge in [0.25, 0.3) is 5.91 Å². The van der Waals surface area contributed by atoms with Crippen molar-refractivity contribution in [3.8, 4) is 0 Å². The molecular formula is C14H18N2O3S. The first kappa shape index (κ1) is 14.8. The Morgan fingerprint density at radius 2 is 2.05 bits per heavy atom. The van der Waals surface area contributed by atoms with Crippen molar-refractivity contribution < 1.29 is 14.7 Å². The molecule has 1 aliphatic rings. The third-order valence-corrected chi connectivity index (χ3v) is 4.73. The monoisotopic (exact) mass is 294 g/mol. The zero-order chi connectivity index (χ0) is 14.5. The molecule has 2 rings (SSSR count). The van der Waals surface area contributed by atoms with E-state index in [1.54, 1.807) is 0 Å². The number of thioether (sulfide) groups is 1. The molecule has 1 saturated carbocycles. The number of carbonyl (C=O) groups is 2. The predicted molar refractivity (Wildman–Crippen MR) is 78.2 cm³/mol. The smallest absolute Gasteiger partial charge is 0.338 e. The van der Waals surface area contributed by atoms with Gasteiger partial charge in [-0.05, 0) is 44.1 Å². The minimum Gasteiger partial charge on any atom is -0.478 e. The second-order valence-electron chi connectivity index (χ2n) is 4.89. The Bertz CT molecular complexity index is 499. The highest BCUT2D eigenvalue weighted by Crippen LogP contribution is 2.27. The number of pyridine rings is 1. The number of hydrogen-bond acceptors (Lipinski definition) is 4. The first-order chi connectivity index (χ1) is 9.61. The quantitative estimate of drug-likeness (QED) is 0.890. The summed E-state index contributed by atoms with van der Waals surface area (Å²) in [6, 6.07) is 3.04. The summed E-state index contributed by atoms with van der Waals surface area (Å²) < 4.78 is 0. The Balaban J connectivity index is 2.01. The molecular weight excluding hydrogens is 276 g/mol. The van der Waals surface area contributed by atoms with Crippen LogP contribution in [0.4, 0.5) is 0 Å². The first-order valence-corrected chi connectivity index (χ1v) is 7.92. The van der Waals surface area contributed by atoms with Gasteiger partial charge in [-0.15, -0.1) is 0 Å². The first-order valence-electron chi connectivity index (χ1n) is 6.63. The van der Waals surface area contributed by atoms with Gasteiger partial charge in [-0.2, -0.15) is 11.8 Å². The highest BCUT2D eigenvalue weighted by molar-refractivity contribution is 7.99. The normalized spacial score (nSPS) is 22.2. The summed E-state index contributed by atoms with van der Waals surface area (Å²) in [5.41, 5.74) is -0.0604. The summed E-state index contributed by atoms with van der Waals surface area (Å²) >= 11 is 1.87. The van der Waals surface area contributed by atoms with Gasteiger partial charge in [0.15, 0.2) is 0 Å². The van der Waals surface area contributed by atoms with Crippen molar-refractivity contribution in [2.75, 3.05) is 6.26 Å². The van der Waals surface area contributed by atoms with Crippen LogP contribution in [0.2, 0.25) is 0 Å². The van der Waals surface area contributed by atoms with Gasteiger partial charge < -0.3 is 10.4 Å². The van der Waals surface area contributed by atoms with Crippen LogP contribution < -0.4 is 5.32 Å². The van der Waals surface area contributed by atoms with E-state index in [2.05, 4.69) is 16.6 Å². The van der Waals surface area contributed by atoms with Crippen LogP contribution in [0.5, 0.6) is 0 Å². The Labute approximate surface area is 122 Å². The van der Waals surface area contributed by atoms with E-state index in [9.17, 15) is 9.59 Å². The molecule has 0 unspecified atom stereocenters. The van der Waals surface area contributed by atoms with E-state index < -0.39 is 11.9 Å². The van der Waals surface area contributed by atoms with Crippen molar-refractivity contribution in [3.05, 3.63) is 29.6 Å². The third kappa shape index (κ3) is 3.50. The summed E-state index contributed by atoms with van der Waals surface area (Å²) in [5.74, 6) is -1.52. The molecule has 6 heteroatoms. The number of amides is 1. The molecule has 5 nitrogen and oxygen atoms in total. The number of carbonyl (C=O) groups excluding carboxylic acids is 1. The summed E-state index contributed by atoms with van der Waals surface area (Å²) in [6.07, 6.45) is 7.59. The second-order valence-corrected chi connectivity index (χ2v) is 6.03.